The Kier molecular flexibility index (Phi) is 4.08. The molecule has 2 heterocycles. The first-order valence-electron chi connectivity index (χ1n) is 7.01. The Morgan fingerprint density at radius 1 is 1.32 bits per heavy atom. The molecule has 3 rings (SSSR count). The van der Waals surface area contributed by atoms with Crippen molar-refractivity contribution < 1.29 is 14.1 Å². The van der Waals surface area contributed by atoms with E-state index in [1.165, 1.54) is 19.2 Å². The van der Waals surface area contributed by atoms with Crippen molar-refractivity contribution in [2.75, 3.05) is 0 Å². The van der Waals surface area contributed by atoms with Gasteiger partial charge in [0.2, 0.25) is 0 Å². The summed E-state index contributed by atoms with van der Waals surface area (Å²) >= 11 is 0. The summed E-state index contributed by atoms with van der Waals surface area (Å²) in [6, 6.07) is 9.09. The molecule has 1 N–H and O–H groups in total. The highest BCUT2D eigenvalue weighted by Crippen LogP contribution is 2.14. The van der Waals surface area contributed by atoms with Crippen LogP contribution < -0.4 is 11.0 Å². The third-order valence-corrected chi connectivity index (χ3v) is 3.32. The number of carbonyl (C=O) groups is 1. The standard InChI is InChI=1S/C15H11N5O5/c1-19-15(22)11-5-3-2-4-10(11)13(18-19)14(21)17-16-8-9-6-7-12(25-9)20(23)24/h2-8H,1H3,(H,17,21)/b16-8-. The van der Waals surface area contributed by atoms with Gasteiger partial charge in [-0.25, -0.2) is 10.1 Å². The molecule has 0 fully saturated rings. The summed E-state index contributed by atoms with van der Waals surface area (Å²) < 4.78 is 5.94. The highest BCUT2D eigenvalue weighted by atomic mass is 16.6. The van der Waals surface area contributed by atoms with Crippen LogP contribution in [0.4, 0.5) is 5.88 Å². The predicted molar refractivity (Wildman–Crippen MR) is 87.4 cm³/mol. The number of benzene rings is 1. The van der Waals surface area contributed by atoms with Gasteiger partial charge >= 0.3 is 5.88 Å². The van der Waals surface area contributed by atoms with E-state index in [0.29, 0.717) is 10.8 Å². The molecule has 0 saturated carbocycles. The number of nitrogens with one attached hydrogen (secondary N) is 1. The average Bonchev–Trinajstić information content (AvgIpc) is 3.07. The summed E-state index contributed by atoms with van der Waals surface area (Å²) in [6.07, 6.45) is 1.12. The third kappa shape index (κ3) is 3.13. The van der Waals surface area contributed by atoms with Crippen LogP contribution in [0.1, 0.15) is 16.2 Å². The Labute approximate surface area is 139 Å². The van der Waals surface area contributed by atoms with Crippen molar-refractivity contribution in [3.05, 3.63) is 68.3 Å². The van der Waals surface area contributed by atoms with Gasteiger partial charge in [0.05, 0.1) is 17.7 Å². The summed E-state index contributed by atoms with van der Waals surface area (Å²) in [5, 5.41) is 18.9. The van der Waals surface area contributed by atoms with Gasteiger partial charge in [-0.15, -0.1) is 0 Å². The molecular weight excluding hydrogens is 330 g/mol. The maximum absolute atomic E-state index is 12.3. The molecule has 1 aromatic carbocycles. The maximum atomic E-state index is 12.3. The van der Waals surface area contributed by atoms with Crippen LogP contribution >= 0.6 is 0 Å². The van der Waals surface area contributed by atoms with Crippen LogP contribution in [0.25, 0.3) is 10.8 Å². The molecule has 0 aliphatic heterocycles. The zero-order valence-electron chi connectivity index (χ0n) is 12.9. The summed E-state index contributed by atoms with van der Waals surface area (Å²) in [4.78, 5) is 34.2. The van der Waals surface area contributed by atoms with Crippen LogP contribution in [0.15, 0.2) is 50.7 Å². The van der Waals surface area contributed by atoms with E-state index in [4.69, 9.17) is 4.42 Å². The molecule has 10 heteroatoms. The molecule has 0 aliphatic carbocycles. The minimum Gasteiger partial charge on any atom is -0.400 e. The lowest BCUT2D eigenvalue weighted by Crippen LogP contribution is -2.27. The van der Waals surface area contributed by atoms with Crippen molar-refractivity contribution in [1.29, 1.82) is 0 Å². The molecule has 0 spiro atoms. The second-order valence-electron chi connectivity index (χ2n) is 4.96. The smallest absolute Gasteiger partial charge is 0.400 e. The Bertz CT molecular complexity index is 1070. The summed E-state index contributed by atoms with van der Waals surface area (Å²) in [5.41, 5.74) is 1.95. The molecule has 0 bridgehead atoms. The van der Waals surface area contributed by atoms with Crippen LogP contribution in [0.3, 0.4) is 0 Å². The van der Waals surface area contributed by atoms with Gasteiger partial charge in [-0.2, -0.15) is 10.2 Å². The largest absolute Gasteiger partial charge is 0.433 e. The van der Waals surface area contributed by atoms with Gasteiger partial charge in [-0.05, 0) is 12.1 Å². The number of furan rings is 1. The second kappa shape index (κ2) is 6.35. The molecule has 1 amide bonds. The maximum Gasteiger partial charge on any atom is 0.433 e. The van der Waals surface area contributed by atoms with Crippen molar-refractivity contribution in [3.8, 4) is 0 Å². The number of hydrazone groups is 1. The topological polar surface area (TPSA) is 133 Å². The average molecular weight is 341 g/mol. The van der Waals surface area contributed by atoms with Crippen LogP contribution in [0.5, 0.6) is 0 Å². The van der Waals surface area contributed by atoms with Gasteiger partial charge < -0.3 is 4.42 Å². The lowest BCUT2D eigenvalue weighted by atomic mass is 10.1. The number of aromatic nitrogens is 2. The second-order valence-corrected chi connectivity index (χ2v) is 4.96. The van der Waals surface area contributed by atoms with Crippen LogP contribution in [0.2, 0.25) is 0 Å². The third-order valence-electron chi connectivity index (χ3n) is 3.32. The molecule has 0 unspecified atom stereocenters. The fourth-order valence-corrected chi connectivity index (χ4v) is 2.18. The Balaban J connectivity index is 1.85. The Hall–Kier alpha value is -3.82. The number of hydrogen-bond donors (Lipinski definition) is 1. The van der Waals surface area contributed by atoms with Gasteiger partial charge in [0, 0.05) is 12.4 Å². The van der Waals surface area contributed by atoms with Crippen LogP contribution in [-0.2, 0) is 7.05 Å². The van der Waals surface area contributed by atoms with Crippen molar-refractivity contribution in [2.45, 2.75) is 0 Å². The molecule has 25 heavy (non-hydrogen) atoms. The molecular formula is C15H11N5O5. The fraction of sp³-hybridized carbons (Fsp3) is 0.0667. The number of amides is 1. The molecule has 0 atom stereocenters. The van der Waals surface area contributed by atoms with Crippen LogP contribution in [0, 0.1) is 10.1 Å². The predicted octanol–water partition coefficient (Wildman–Crippen LogP) is 1.20. The first-order valence-corrected chi connectivity index (χ1v) is 7.01. The van der Waals surface area contributed by atoms with E-state index in [2.05, 4.69) is 15.6 Å². The summed E-state index contributed by atoms with van der Waals surface area (Å²) in [6.45, 7) is 0. The van der Waals surface area contributed by atoms with Crippen LogP contribution in [-0.4, -0.2) is 26.8 Å². The van der Waals surface area contributed by atoms with Crippen molar-refractivity contribution in [3.63, 3.8) is 0 Å². The number of hydrogen-bond acceptors (Lipinski definition) is 7. The number of rotatable bonds is 4. The first-order chi connectivity index (χ1) is 12.0. The number of fused-ring (bicyclic) bond motifs is 1. The zero-order chi connectivity index (χ0) is 18.0. The SMILES string of the molecule is Cn1nc(C(=O)N/N=C\c2ccc([N+](=O)[O-])o2)c2ccccc2c1=O. The monoisotopic (exact) mass is 341 g/mol. The van der Waals surface area contributed by atoms with Gasteiger partial charge in [0.25, 0.3) is 11.5 Å². The molecule has 0 saturated heterocycles. The van der Waals surface area contributed by atoms with Gasteiger partial charge in [0.15, 0.2) is 11.5 Å². The molecule has 126 valence electrons. The van der Waals surface area contributed by atoms with Crippen molar-refractivity contribution >= 4 is 28.8 Å². The molecule has 0 radical (unpaired) electrons. The summed E-state index contributed by atoms with van der Waals surface area (Å²) in [5.74, 6) is -0.965. The molecule has 3 aromatic rings. The fourth-order valence-electron chi connectivity index (χ4n) is 2.18. The van der Waals surface area contributed by atoms with E-state index in [9.17, 15) is 19.7 Å². The number of nitrogens with zero attached hydrogens (tertiary/aromatic N) is 4. The minimum absolute atomic E-state index is 0.0280. The normalized spacial score (nSPS) is 11.1. The van der Waals surface area contributed by atoms with E-state index in [1.807, 2.05) is 0 Å². The van der Waals surface area contributed by atoms with Gasteiger partial charge in [-0.3, -0.25) is 19.7 Å². The quantitative estimate of drug-likeness (QED) is 0.431. The number of aryl methyl sites for hydroxylation is 1. The molecule has 2 aromatic heterocycles. The number of carbonyl (C=O) groups excluding carboxylic acids is 1. The zero-order valence-corrected chi connectivity index (χ0v) is 12.9. The van der Waals surface area contributed by atoms with Crippen molar-refractivity contribution in [2.24, 2.45) is 12.1 Å². The van der Waals surface area contributed by atoms with E-state index >= 15 is 0 Å². The van der Waals surface area contributed by atoms with E-state index in [0.717, 1.165) is 10.9 Å². The minimum atomic E-state index is -0.684. The Morgan fingerprint density at radius 3 is 2.72 bits per heavy atom. The highest BCUT2D eigenvalue weighted by molar-refractivity contribution is 6.04. The molecule has 10 nitrogen and oxygen atoms in total. The van der Waals surface area contributed by atoms with Gasteiger partial charge in [-0.1, -0.05) is 18.2 Å². The van der Waals surface area contributed by atoms with E-state index in [-0.39, 0.29) is 17.0 Å². The highest BCUT2D eigenvalue weighted by Gasteiger charge is 2.15. The van der Waals surface area contributed by atoms with Crippen molar-refractivity contribution in [1.82, 2.24) is 15.2 Å². The number of nitro groups is 1. The van der Waals surface area contributed by atoms with E-state index < -0.39 is 16.7 Å². The lowest BCUT2D eigenvalue weighted by Gasteiger charge is -2.06. The Morgan fingerprint density at radius 2 is 2.04 bits per heavy atom. The van der Waals surface area contributed by atoms with E-state index in [1.54, 1.807) is 24.3 Å². The molecule has 0 aliphatic rings. The van der Waals surface area contributed by atoms with Gasteiger partial charge in [0.1, 0.15) is 4.92 Å². The first kappa shape index (κ1) is 16.1. The summed E-state index contributed by atoms with van der Waals surface area (Å²) in [7, 11) is 1.44. The lowest BCUT2D eigenvalue weighted by molar-refractivity contribution is -0.402.